The van der Waals surface area contributed by atoms with Crippen molar-refractivity contribution in [2.45, 2.75) is 12.8 Å². The van der Waals surface area contributed by atoms with Crippen LogP contribution in [0.3, 0.4) is 0 Å². The maximum Gasteiger partial charge on any atom is 0.227 e. The minimum atomic E-state index is 0. The number of benzene rings is 2. The number of nitrogens with zero attached hydrogens (tertiary/aromatic N) is 1. The Bertz CT molecular complexity index is 546. The van der Waals surface area contributed by atoms with Crippen LogP contribution in [0.2, 0.25) is 0 Å². The van der Waals surface area contributed by atoms with E-state index in [-0.39, 0.29) is 18.3 Å². The molecule has 0 spiro atoms. The van der Waals surface area contributed by atoms with E-state index in [0.717, 1.165) is 12.0 Å². The van der Waals surface area contributed by atoms with E-state index in [4.69, 9.17) is 5.73 Å². The van der Waals surface area contributed by atoms with Gasteiger partial charge in [0.15, 0.2) is 0 Å². The summed E-state index contributed by atoms with van der Waals surface area (Å²) in [5, 5.41) is 0. The van der Waals surface area contributed by atoms with Gasteiger partial charge < -0.3 is 10.6 Å². The molecule has 0 heterocycles. The number of halogens is 1. The number of amides is 1. The Morgan fingerprint density at radius 2 is 1.41 bits per heavy atom. The predicted octanol–water partition coefficient (Wildman–Crippen LogP) is 2.68. The topological polar surface area (TPSA) is 46.3 Å². The van der Waals surface area contributed by atoms with Crippen molar-refractivity contribution in [3.63, 3.8) is 0 Å². The lowest BCUT2D eigenvalue weighted by Gasteiger charge is -2.22. The number of hydrogen-bond donors (Lipinski definition) is 1. The first kappa shape index (κ1) is 18.2. The van der Waals surface area contributed by atoms with Crippen molar-refractivity contribution in [1.82, 2.24) is 4.90 Å². The van der Waals surface area contributed by atoms with E-state index < -0.39 is 0 Å². The van der Waals surface area contributed by atoms with Gasteiger partial charge in [-0.3, -0.25) is 4.79 Å². The number of carbonyl (C=O) groups excluding carboxylic acids is 1. The highest BCUT2D eigenvalue weighted by Crippen LogP contribution is 2.05. The van der Waals surface area contributed by atoms with E-state index in [1.165, 1.54) is 5.56 Å². The summed E-state index contributed by atoms with van der Waals surface area (Å²) >= 11 is 0. The second kappa shape index (κ2) is 9.98. The van der Waals surface area contributed by atoms with Crippen LogP contribution in [0, 0.1) is 0 Å². The summed E-state index contributed by atoms with van der Waals surface area (Å²) in [5.74, 6) is 0.141. The highest BCUT2D eigenvalue weighted by Gasteiger charge is 2.13. The highest BCUT2D eigenvalue weighted by molar-refractivity contribution is 5.85. The lowest BCUT2D eigenvalue weighted by molar-refractivity contribution is -0.130. The fraction of sp³-hybridized carbons (Fsp3) is 0.278. The van der Waals surface area contributed by atoms with Gasteiger partial charge in [-0.1, -0.05) is 60.7 Å². The highest BCUT2D eigenvalue weighted by atomic mass is 35.5. The molecule has 0 unspecified atom stereocenters. The van der Waals surface area contributed by atoms with Gasteiger partial charge in [0, 0.05) is 19.6 Å². The van der Waals surface area contributed by atoms with Gasteiger partial charge in [0.25, 0.3) is 0 Å². The SMILES string of the molecule is Cl.NCCN(CCc1ccccc1)C(=O)Cc1ccccc1. The van der Waals surface area contributed by atoms with Crippen molar-refractivity contribution in [3.8, 4) is 0 Å². The molecule has 1 amide bonds. The maximum absolute atomic E-state index is 12.4. The summed E-state index contributed by atoms with van der Waals surface area (Å²) in [4.78, 5) is 14.3. The average molecular weight is 319 g/mol. The Labute approximate surface area is 138 Å². The third-order valence-electron chi connectivity index (χ3n) is 3.46. The fourth-order valence-corrected chi connectivity index (χ4v) is 2.31. The molecule has 2 N–H and O–H groups in total. The Hall–Kier alpha value is -1.84. The molecule has 0 aliphatic carbocycles. The van der Waals surface area contributed by atoms with E-state index in [1.807, 2.05) is 53.4 Å². The molecule has 22 heavy (non-hydrogen) atoms. The Balaban J connectivity index is 0.00000242. The molecule has 3 nitrogen and oxygen atoms in total. The van der Waals surface area contributed by atoms with E-state index in [0.29, 0.717) is 26.1 Å². The van der Waals surface area contributed by atoms with Crippen molar-refractivity contribution in [3.05, 3.63) is 71.8 Å². The third-order valence-corrected chi connectivity index (χ3v) is 3.46. The second-order valence-corrected chi connectivity index (χ2v) is 5.07. The molecule has 0 aliphatic rings. The van der Waals surface area contributed by atoms with Crippen LogP contribution in [-0.4, -0.2) is 30.4 Å². The zero-order valence-electron chi connectivity index (χ0n) is 12.7. The second-order valence-electron chi connectivity index (χ2n) is 5.07. The van der Waals surface area contributed by atoms with Crippen LogP contribution in [0.4, 0.5) is 0 Å². The van der Waals surface area contributed by atoms with Crippen molar-refractivity contribution in [1.29, 1.82) is 0 Å². The summed E-state index contributed by atoms with van der Waals surface area (Å²) in [6, 6.07) is 20.1. The molecule has 0 atom stereocenters. The fourth-order valence-electron chi connectivity index (χ4n) is 2.31. The van der Waals surface area contributed by atoms with Crippen LogP contribution in [-0.2, 0) is 17.6 Å². The van der Waals surface area contributed by atoms with E-state index in [1.54, 1.807) is 0 Å². The van der Waals surface area contributed by atoms with Gasteiger partial charge >= 0.3 is 0 Å². The van der Waals surface area contributed by atoms with Gasteiger partial charge in [0.2, 0.25) is 5.91 Å². The molecule has 0 radical (unpaired) electrons. The number of carbonyl (C=O) groups is 1. The van der Waals surface area contributed by atoms with E-state index >= 15 is 0 Å². The summed E-state index contributed by atoms with van der Waals surface area (Å²) in [6.45, 7) is 1.82. The molecule has 2 rings (SSSR count). The Kier molecular flexibility index (Phi) is 8.26. The number of rotatable bonds is 7. The van der Waals surface area contributed by atoms with Crippen LogP contribution >= 0.6 is 12.4 Å². The molecule has 0 saturated heterocycles. The van der Waals surface area contributed by atoms with Crippen LogP contribution < -0.4 is 5.73 Å². The molecule has 0 fully saturated rings. The third kappa shape index (κ3) is 5.88. The van der Waals surface area contributed by atoms with Crippen LogP contribution in [0.5, 0.6) is 0 Å². The first-order valence-corrected chi connectivity index (χ1v) is 7.35. The first-order valence-electron chi connectivity index (χ1n) is 7.35. The van der Waals surface area contributed by atoms with Crippen molar-refractivity contribution < 1.29 is 4.79 Å². The van der Waals surface area contributed by atoms with Gasteiger partial charge in [-0.2, -0.15) is 0 Å². The quantitative estimate of drug-likeness (QED) is 0.853. The summed E-state index contributed by atoms with van der Waals surface area (Å²) < 4.78 is 0. The molecule has 0 aromatic heterocycles. The minimum Gasteiger partial charge on any atom is -0.341 e. The number of hydrogen-bond acceptors (Lipinski definition) is 2. The molecule has 2 aromatic rings. The Morgan fingerprint density at radius 1 is 0.864 bits per heavy atom. The molecule has 0 aliphatic heterocycles. The number of nitrogens with two attached hydrogens (primary N) is 1. The van der Waals surface area contributed by atoms with Gasteiger partial charge in [-0.05, 0) is 17.5 Å². The molecule has 4 heteroatoms. The summed E-state index contributed by atoms with van der Waals surface area (Å²) in [7, 11) is 0. The van der Waals surface area contributed by atoms with E-state index in [9.17, 15) is 4.79 Å². The average Bonchev–Trinajstić information content (AvgIpc) is 2.53. The maximum atomic E-state index is 12.4. The monoisotopic (exact) mass is 318 g/mol. The van der Waals surface area contributed by atoms with Crippen molar-refractivity contribution in [2.24, 2.45) is 5.73 Å². The largest absolute Gasteiger partial charge is 0.341 e. The first-order chi connectivity index (χ1) is 10.3. The zero-order chi connectivity index (χ0) is 14.9. The molecule has 0 saturated carbocycles. The molecule has 2 aromatic carbocycles. The standard InChI is InChI=1S/C18H22N2O.ClH/c19-12-14-20(13-11-16-7-3-1-4-8-16)18(21)15-17-9-5-2-6-10-17;/h1-10H,11-15,19H2;1H. The van der Waals surface area contributed by atoms with Gasteiger partial charge in [-0.15, -0.1) is 12.4 Å². The lowest BCUT2D eigenvalue weighted by Crippen LogP contribution is -2.37. The lowest BCUT2D eigenvalue weighted by atomic mass is 10.1. The normalized spacial score (nSPS) is 9.86. The predicted molar refractivity (Wildman–Crippen MR) is 93.2 cm³/mol. The molecular weight excluding hydrogens is 296 g/mol. The smallest absolute Gasteiger partial charge is 0.227 e. The van der Waals surface area contributed by atoms with Gasteiger partial charge in [-0.25, -0.2) is 0 Å². The molecular formula is C18H23ClN2O. The molecule has 118 valence electrons. The zero-order valence-corrected chi connectivity index (χ0v) is 13.5. The Morgan fingerprint density at radius 3 is 1.95 bits per heavy atom. The molecule has 0 bridgehead atoms. The van der Waals surface area contributed by atoms with Crippen LogP contribution in [0.1, 0.15) is 11.1 Å². The van der Waals surface area contributed by atoms with Crippen molar-refractivity contribution >= 4 is 18.3 Å². The van der Waals surface area contributed by atoms with Crippen LogP contribution in [0.25, 0.3) is 0 Å². The minimum absolute atomic E-state index is 0. The summed E-state index contributed by atoms with van der Waals surface area (Å²) in [5.41, 5.74) is 7.92. The van der Waals surface area contributed by atoms with Crippen molar-refractivity contribution in [2.75, 3.05) is 19.6 Å². The van der Waals surface area contributed by atoms with Crippen LogP contribution in [0.15, 0.2) is 60.7 Å². The van der Waals surface area contributed by atoms with Gasteiger partial charge in [0.05, 0.1) is 6.42 Å². The van der Waals surface area contributed by atoms with Gasteiger partial charge in [0.1, 0.15) is 0 Å². The summed E-state index contributed by atoms with van der Waals surface area (Å²) in [6.07, 6.45) is 1.30. The van der Waals surface area contributed by atoms with E-state index in [2.05, 4.69) is 12.1 Å².